The smallest absolute Gasteiger partial charge is 0.226 e. The summed E-state index contributed by atoms with van der Waals surface area (Å²) in [6, 6.07) is 6.59. The largest absolute Gasteiger partial charge is 0.389 e. The van der Waals surface area contributed by atoms with Gasteiger partial charge in [-0.15, -0.1) is 0 Å². The van der Waals surface area contributed by atoms with Gasteiger partial charge in [-0.05, 0) is 43.9 Å². The third-order valence-corrected chi connectivity index (χ3v) is 4.68. The van der Waals surface area contributed by atoms with Crippen molar-refractivity contribution in [1.82, 2.24) is 9.80 Å². The fourth-order valence-electron chi connectivity index (χ4n) is 3.48. The van der Waals surface area contributed by atoms with E-state index in [2.05, 4.69) is 4.90 Å². The number of aliphatic hydroxyl groups is 1. The van der Waals surface area contributed by atoms with Gasteiger partial charge in [0.2, 0.25) is 5.91 Å². The summed E-state index contributed by atoms with van der Waals surface area (Å²) in [6.45, 7) is 7.25. The van der Waals surface area contributed by atoms with Gasteiger partial charge in [0.05, 0.1) is 5.60 Å². The lowest BCUT2D eigenvalue weighted by Crippen LogP contribution is -2.52. The van der Waals surface area contributed by atoms with Gasteiger partial charge < -0.3 is 10.0 Å². The van der Waals surface area contributed by atoms with Crippen molar-refractivity contribution in [3.05, 3.63) is 35.6 Å². The third-order valence-electron chi connectivity index (χ3n) is 4.68. The number of amides is 1. The van der Waals surface area contributed by atoms with Crippen molar-refractivity contribution in [2.24, 2.45) is 5.92 Å². The summed E-state index contributed by atoms with van der Waals surface area (Å²) in [6.07, 6.45) is 0.826. The lowest BCUT2D eigenvalue weighted by atomic mass is 10.1. The first-order valence-electron chi connectivity index (χ1n) is 8.32. The molecule has 1 aromatic carbocycles. The monoisotopic (exact) mass is 320 g/mol. The number of carbonyl (C=O) groups excluding carboxylic acids is 1. The average molecular weight is 320 g/mol. The molecule has 0 aromatic heterocycles. The Bertz CT molecular complexity index is 577. The summed E-state index contributed by atoms with van der Waals surface area (Å²) < 4.78 is 13.3. The minimum atomic E-state index is -0.703. The van der Waals surface area contributed by atoms with E-state index in [9.17, 15) is 14.3 Å². The van der Waals surface area contributed by atoms with Gasteiger partial charge in [0.25, 0.3) is 0 Å². The quantitative estimate of drug-likeness (QED) is 0.921. The van der Waals surface area contributed by atoms with E-state index >= 15 is 0 Å². The van der Waals surface area contributed by atoms with Gasteiger partial charge in [-0.3, -0.25) is 9.69 Å². The Labute approximate surface area is 136 Å². The molecule has 126 valence electrons. The molecule has 5 heteroatoms. The molecule has 2 fully saturated rings. The average Bonchev–Trinajstić information content (AvgIpc) is 3.26. The molecular formula is C18H25FN2O2. The van der Waals surface area contributed by atoms with Crippen LogP contribution in [0.15, 0.2) is 24.3 Å². The molecule has 3 rings (SSSR count). The molecule has 1 heterocycles. The van der Waals surface area contributed by atoms with E-state index in [-0.39, 0.29) is 23.6 Å². The number of halogens is 1. The molecule has 23 heavy (non-hydrogen) atoms. The molecule has 0 radical (unpaired) electrons. The molecule has 1 aromatic rings. The van der Waals surface area contributed by atoms with Crippen molar-refractivity contribution in [2.45, 2.75) is 31.8 Å². The Morgan fingerprint density at radius 1 is 1.30 bits per heavy atom. The van der Waals surface area contributed by atoms with E-state index in [0.717, 1.165) is 25.1 Å². The van der Waals surface area contributed by atoms with Crippen LogP contribution in [0.25, 0.3) is 0 Å². The van der Waals surface area contributed by atoms with Gasteiger partial charge in [-0.1, -0.05) is 12.1 Å². The summed E-state index contributed by atoms with van der Waals surface area (Å²) in [7, 11) is 0. The van der Waals surface area contributed by atoms with Gasteiger partial charge in [0, 0.05) is 38.6 Å². The molecule has 0 bridgehead atoms. The van der Waals surface area contributed by atoms with Crippen molar-refractivity contribution in [3.63, 3.8) is 0 Å². The lowest BCUT2D eigenvalue weighted by Gasteiger charge is -2.37. The number of rotatable bonds is 4. The zero-order valence-electron chi connectivity index (χ0n) is 13.8. The Morgan fingerprint density at radius 2 is 2.00 bits per heavy atom. The van der Waals surface area contributed by atoms with Crippen LogP contribution in [0.1, 0.15) is 31.7 Å². The molecule has 2 unspecified atom stereocenters. The zero-order valence-corrected chi connectivity index (χ0v) is 13.8. The topological polar surface area (TPSA) is 43.8 Å². The highest BCUT2D eigenvalue weighted by Crippen LogP contribution is 2.48. The first-order valence-corrected chi connectivity index (χ1v) is 8.32. The number of hydrogen-bond donors (Lipinski definition) is 1. The second kappa shape index (κ2) is 6.21. The van der Waals surface area contributed by atoms with Crippen LogP contribution >= 0.6 is 0 Å². The van der Waals surface area contributed by atoms with Crippen LogP contribution in [0.2, 0.25) is 0 Å². The molecule has 4 nitrogen and oxygen atoms in total. The first-order chi connectivity index (χ1) is 10.8. The SMILES string of the molecule is CC(C)(O)CN1CCN(C(=O)C2CC2c2cccc(F)c2)CC1. The van der Waals surface area contributed by atoms with Crippen LogP contribution in [0.3, 0.4) is 0 Å². The molecule has 1 saturated heterocycles. The van der Waals surface area contributed by atoms with E-state index in [1.165, 1.54) is 6.07 Å². The van der Waals surface area contributed by atoms with Gasteiger partial charge >= 0.3 is 0 Å². The van der Waals surface area contributed by atoms with E-state index in [1.54, 1.807) is 26.0 Å². The van der Waals surface area contributed by atoms with E-state index in [1.807, 2.05) is 11.0 Å². The van der Waals surface area contributed by atoms with Gasteiger partial charge in [0.1, 0.15) is 5.82 Å². The van der Waals surface area contributed by atoms with Gasteiger partial charge in [-0.2, -0.15) is 0 Å². The van der Waals surface area contributed by atoms with Crippen LogP contribution in [-0.2, 0) is 4.79 Å². The molecule has 1 aliphatic heterocycles. The van der Waals surface area contributed by atoms with E-state index in [4.69, 9.17) is 0 Å². The maximum absolute atomic E-state index is 13.3. The van der Waals surface area contributed by atoms with Crippen molar-refractivity contribution in [3.8, 4) is 0 Å². The number of benzene rings is 1. The number of carbonyl (C=O) groups is 1. The van der Waals surface area contributed by atoms with Gasteiger partial charge in [-0.25, -0.2) is 4.39 Å². The van der Waals surface area contributed by atoms with Crippen LogP contribution in [0.5, 0.6) is 0 Å². The normalized spacial score (nSPS) is 25.5. The number of nitrogens with zero attached hydrogens (tertiary/aromatic N) is 2. The molecule has 1 saturated carbocycles. The molecule has 0 spiro atoms. The first kappa shape index (κ1) is 16.4. The highest BCUT2D eigenvalue weighted by molar-refractivity contribution is 5.83. The van der Waals surface area contributed by atoms with E-state index < -0.39 is 5.60 Å². The van der Waals surface area contributed by atoms with Crippen LogP contribution in [0, 0.1) is 11.7 Å². The molecule has 1 amide bonds. The molecule has 2 aliphatic rings. The van der Waals surface area contributed by atoms with Crippen molar-refractivity contribution >= 4 is 5.91 Å². The molecule has 1 aliphatic carbocycles. The van der Waals surface area contributed by atoms with Crippen LogP contribution in [0.4, 0.5) is 4.39 Å². The Kier molecular flexibility index (Phi) is 4.43. The number of piperazine rings is 1. The summed E-state index contributed by atoms with van der Waals surface area (Å²) in [4.78, 5) is 16.7. The Hall–Kier alpha value is -1.46. The van der Waals surface area contributed by atoms with Gasteiger partial charge in [0.15, 0.2) is 0 Å². The minimum Gasteiger partial charge on any atom is -0.389 e. The predicted octanol–water partition coefficient (Wildman–Crippen LogP) is 1.84. The third kappa shape index (κ3) is 4.09. The standard InChI is InChI=1S/C18H25FN2O2/c1-18(2,23)12-20-6-8-21(9-7-20)17(22)16-11-15(16)13-4-3-5-14(19)10-13/h3-5,10,15-16,23H,6-9,11-12H2,1-2H3. The summed E-state index contributed by atoms with van der Waals surface area (Å²) >= 11 is 0. The van der Waals surface area contributed by atoms with Crippen molar-refractivity contribution < 1.29 is 14.3 Å². The van der Waals surface area contributed by atoms with Crippen molar-refractivity contribution in [1.29, 1.82) is 0 Å². The Morgan fingerprint density at radius 3 is 2.61 bits per heavy atom. The summed E-state index contributed by atoms with van der Waals surface area (Å²) in [5, 5.41) is 9.87. The fraction of sp³-hybridized carbons (Fsp3) is 0.611. The second-order valence-corrected chi connectivity index (χ2v) is 7.42. The fourth-order valence-corrected chi connectivity index (χ4v) is 3.48. The van der Waals surface area contributed by atoms with Crippen LogP contribution in [-0.4, -0.2) is 59.1 Å². The van der Waals surface area contributed by atoms with Crippen molar-refractivity contribution in [2.75, 3.05) is 32.7 Å². The lowest BCUT2D eigenvalue weighted by molar-refractivity contribution is -0.134. The molecule has 1 N–H and O–H groups in total. The number of β-amino-alcohol motifs (C(OH)–C–C–N with tert-alkyl or cyclic N) is 1. The summed E-state index contributed by atoms with van der Waals surface area (Å²) in [5.41, 5.74) is 0.231. The highest BCUT2D eigenvalue weighted by Gasteiger charge is 2.46. The predicted molar refractivity (Wildman–Crippen MR) is 86.6 cm³/mol. The van der Waals surface area contributed by atoms with Crippen LogP contribution < -0.4 is 0 Å². The minimum absolute atomic E-state index is 0.0117. The maximum Gasteiger partial charge on any atom is 0.226 e. The molecule has 2 atom stereocenters. The highest BCUT2D eigenvalue weighted by atomic mass is 19.1. The molecular weight excluding hydrogens is 295 g/mol. The summed E-state index contributed by atoms with van der Waals surface area (Å²) in [5.74, 6) is 0.147. The van der Waals surface area contributed by atoms with E-state index in [0.29, 0.717) is 19.6 Å². The maximum atomic E-state index is 13.3. The Balaban J connectivity index is 1.51. The zero-order chi connectivity index (χ0) is 16.6. The second-order valence-electron chi connectivity index (χ2n) is 7.42. The number of hydrogen-bond acceptors (Lipinski definition) is 3.